The minimum absolute atomic E-state index is 0.0308. The lowest BCUT2D eigenvalue weighted by Crippen LogP contribution is -2.47. The number of quaternary nitrogens is 1. The van der Waals surface area contributed by atoms with Crippen LogP contribution in [-0.4, -0.2) is 69.4 Å². The predicted octanol–water partition coefficient (Wildman–Crippen LogP) is 23.7. The predicted molar refractivity (Wildman–Crippen MR) is 394 cm³/mol. The van der Waals surface area contributed by atoms with Gasteiger partial charge in [-0.1, -0.05) is 309 Å². The van der Waals surface area contributed by atoms with Gasteiger partial charge in [0.25, 0.3) is 7.82 Å². The maximum absolute atomic E-state index is 13.6. The highest BCUT2D eigenvalue weighted by Gasteiger charge is 2.27. The molecule has 0 bridgehead atoms. The van der Waals surface area contributed by atoms with Crippen LogP contribution >= 0.6 is 7.82 Å². The van der Waals surface area contributed by atoms with Crippen molar-refractivity contribution >= 4 is 19.7 Å². The van der Waals surface area contributed by atoms with Crippen LogP contribution in [0.2, 0.25) is 0 Å². The molecule has 0 fully saturated rings. The molecule has 0 heterocycles. The van der Waals surface area contributed by atoms with Crippen LogP contribution in [0.15, 0.2) is 134 Å². The molecule has 10 heteroatoms. The van der Waals surface area contributed by atoms with E-state index in [0.717, 1.165) is 135 Å². The summed E-state index contributed by atoms with van der Waals surface area (Å²) in [5, 5.41) is 3.04. The molecule has 0 saturated heterocycles. The van der Waals surface area contributed by atoms with Crippen molar-refractivity contribution < 1.29 is 37.3 Å². The first kappa shape index (κ1) is 87.2. The summed E-state index contributed by atoms with van der Waals surface area (Å²) in [5.74, 6) is -0.556. The third-order valence-corrected chi connectivity index (χ3v) is 17.0. The van der Waals surface area contributed by atoms with Gasteiger partial charge in [0.15, 0.2) is 0 Å². The van der Waals surface area contributed by atoms with Gasteiger partial charge in [-0.15, -0.1) is 0 Å². The molecule has 0 aromatic heterocycles. The van der Waals surface area contributed by atoms with E-state index in [9.17, 15) is 19.0 Å². The molecule has 1 amide bonds. The van der Waals surface area contributed by atoms with Crippen molar-refractivity contribution in [2.75, 3.05) is 40.9 Å². The number of allylic oxidation sites excluding steroid dienone is 21. The molecule has 0 aromatic carbocycles. The maximum atomic E-state index is 13.6. The fraction of sp³-hybridized carbons (Fsp3) is 0.704. The number of unbranched alkanes of at least 4 members (excludes halogenated alkanes) is 31. The fourth-order valence-electron chi connectivity index (χ4n) is 10.3. The van der Waals surface area contributed by atoms with E-state index in [-0.39, 0.29) is 24.9 Å². The van der Waals surface area contributed by atoms with E-state index in [1.54, 1.807) is 0 Å². The summed E-state index contributed by atoms with van der Waals surface area (Å²) in [6.45, 7) is 6.70. The van der Waals surface area contributed by atoms with Crippen LogP contribution in [-0.2, 0) is 27.9 Å². The Balaban J connectivity index is 5.00. The second-order valence-electron chi connectivity index (χ2n) is 26.1. The SMILES string of the molecule is CC/C=C\C/C=C\C/C=C\C/C=C\C/C=C\C/C=C\CCCCCCCCCCC(=O)NC(COP(=O)([O-])OCC[N+](C)(C)C)C(/C=C/CCCCCCCCCCC)OC(=O)CCCCCCCCCCCCC/C=C\C/C=C\C/C=C\C/C=C\CCCCC. The van der Waals surface area contributed by atoms with E-state index >= 15 is 0 Å². The number of phosphoric acid groups is 1. The smallest absolute Gasteiger partial charge is 0.306 e. The number of carbonyl (C=O) groups is 2. The molecule has 91 heavy (non-hydrogen) atoms. The van der Waals surface area contributed by atoms with E-state index in [1.165, 1.54) is 148 Å². The van der Waals surface area contributed by atoms with Gasteiger partial charge in [-0.25, -0.2) is 0 Å². The largest absolute Gasteiger partial charge is 0.756 e. The minimum Gasteiger partial charge on any atom is -0.756 e. The maximum Gasteiger partial charge on any atom is 0.306 e. The van der Waals surface area contributed by atoms with Gasteiger partial charge in [-0.3, -0.25) is 14.2 Å². The second kappa shape index (κ2) is 69.0. The minimum atomic E-state index is -4.72. The molecule has 1 N–H and O–H groups in total. The Bertz CT molecular complexity index is 2020. The normalized spacial score (nSPS) is 14.2. The number of nitrogens with one attached hydrogen (secondary N) is 1. The molecule has 522 valence electrons. The van der Waals surface area contributed by atoms with Crippen LogP contribution < -0.4 is 10.2 Å². The third-order valence-electron chi connectivity index (χ3n) is 16.1. The Kier molecular flexibility index (Phi) is 66.1. The van der Waals surface area contributed by atoms with Crippen molar-refractivity contribution in [2.24, 2.45) is 0 Å². The molecule has 0 rings (SSSR count). The number of phosphoric ester groups is 1. The molecule has 3 unspecified atom stereocenters. The first-order chi connectivity index (χ1) is 44.4. The van der Waals surface area contributed by atoms with Gasteiger partial charge in [-0.05, 0) is 128 Å². The Labute approximate surface area is 562 Å². The number of hydrogen-bond donors (Lipinski definition) is 1. The van der Waals surface area contributed by atoms with Gasteiger partial charge in [0.05, 0.1) is 33.8 Å². The lowest BCUT2D eigenvalue weighted by atomic mass is 10.0. The van der Waals surface area contributed by atoms with Crippen LogP contribution in [0.5, 0.6) is 0 Å². The molecule has 0 spiro atoms. The van der Waals surface area contributed by atoms with E-state index in [2.05, 4.69) is 148 Å². The zero-order chi connectivity index (χ0) is 66.3. The topological polar surface area (TPSA) is 114 Å². The van der Waals surface area contributed by atoms with Crippen molar-refractivity contribution in [1.82, 2.24) is 5.32 Å². The molecule has 0 radical (unpaired) electrons. The first-order valence-electron chi connectivity index (χ1n) is 37.5. The fourth-order valence-corrected chi connectivity index (χ4v) is 11.1. The van der Waals surface area contributed by atoms with Gasteiger partial charge < -0.3 is 28.5 Å². The number of nitrogens with zero attached hydrogens (tertiary/aromatic N) is 1. The summed E-state index contributed by atoms with van der Waals surface area (Å²) < 4.78 is 30.5. The van der Waals surface area contributed by atoms with Crippen molar-refractivity contribution in [2.45, 2.75) is 328 Å². The summed E-state index contributed by atoms with van der Waals surface area (Å²) in [6.07, 6.45) is 98.7. The van der Waals surface area contributed by atoms with E-state index in [0.29, 0.717) is 17.4 Å². The average Bonchev–Trinajstić information content (AvgIpc) is 3.08. The molecule has 3 atom stereocenters. The number of rotatable bonds is 67. The van der Waals surface area contributed by atoms with Gasteiger partial charge in [0.2, 0.25) is 5.91 Å². The second-order valence-corrected chi connectivity index (χ2v) is 27.5. The Morgan fingerprint density at radius 1 is 0.396 bits per heavy atom. The highest BCUT2D eigenvalue weighted by Crippen LogP contribution is 2.38. The lowest BCUT2D eigenvalue weighted by Gasteiger charge is -2.30. The zero-order valence-corrected chi connectivity index (χ0v) is 60.7. The van der Waals surface area contributed by atoms with E-state index < -0.39 is 26.6 Å². The van der Waals surface area contributed by atoms with Crippen LogP contribution in [0, 0.1) is 0 Å². The summed E-state index contributed by atoms with van der Waals surface area (Å²) in [5.41, 5.74) is 0. The van der Waals surface area contributed by atoms with E-state index in [4.69, 9.17) is 13.8 Å². The van der Waals surface area contributed by atoms with Gasteiger partial charge in [0, 0.05) is 12.8 Å². The molecular formula is C81H141N2O7P. The highest BCUT2D eigenvalue weighted by molar-refractivity contribution is 7.45. The molecule has 0 saturated carbocycles. The van der Waals surface area contributed by atoms with Crippen LogP contribution in [0.4, 0.5) is 0 Å². The number of hydrogen-bond acceptors (Lipinski definition) is 7. The molecule has 0 aliphatic carbocycles. The quantitative estimate of drug-likeness (QED) is 0.0212. The highest BCUT2D eigenvalue weighted by atomic mass is 31.2. The third kappa shape index (κ3) is 70.3. The van der Waals surface area contributed by atoms with Crippen molar-refractivity contribution in [3.63, 3.8) is 0 Å². The summed E-state index contributed by atoms with van der Waals surface area (Å²) in [7, 11) is 1.16. The summed E-state index contributed by atoms with van der Waals surface area (Å²) >= 11 is 0. The Hall–Kier alpha value is -3.85. The van der Waals surface area contributed by atoms with Crippen molar-refractivity contribution in [3.8, 4) is 0 Å². The monoisotopic (exact) mass is 1290 g/mol. The van der Waals surface area contributed by atoms with Crippen LogP contribution in [0.1, 0.15) is 316 Å². The van der Waals surface area contributed by atoms with Gasteiger partial charge in [-0.2, -0.15) is 0 Å². The zero-order valence-electron chi connectivity index (χ0n) is 59.8. The standard InChI is InChI=1S/C81H141N2O7P/c1-7-10-13-16-19-22-25-27-29-31-33-35-37-39-41-43-45-47-49-51-53-55-58-61-64-67-70-73-80(84)82-78(77-89-91(86,87)88-76-75-83(4,5)6)79(72-69-66-63-60-57-24-21-18-15-12-9-3)90-81(85)74-71-68-65-62-59-56-54-52-50-48-46-44-42-40-38-36-34-32-30-28-26-23-20-17-14-11-8-2/h10,13,19-20,22-23,27-30,33-36,39-42,45,47,69,72,78-79H,7-9,11-12,14-18,21,24-26,31-32,37-38,43-44,46,48-68,70-71,73-77H2,1-6H3,(H-,82,84,86,87)/b13-10-,22-19-,23-20-,29-27-,30-28-,35-33-,36-34-,41-39-,42-40-,47-45-,72-69+. The molecular weight excluding hydrogens is 1140 g/mol. The molecule has 0 aliphatic rings. The number of likely N-dealkylation sites (N-methyl/N-ethyl adjacent to an activating group) is 1. The average molecular weight is 1290 g/mol. The molecule has 9 nitrogen and oxygen atoms in total. The van der Waals surface area contributed by atoms with Crippen LogP contribution in [0.3, 0.4) is 0 Å². The van der Waals surface area contributed by atoms with Crippen molar-refractivity contribution in [1.29, 1.82) is 0 Å². The number of amides is 1. The number of carbonyl (C=O) groups excluding carboxylic acids is 2. The number of esters is 1. The molecule has 0 aromatic rings. The van der Waals surface area contributed by atoms with Gasteiger partial charge in [0.1, 0.15) is 19.3 Å². The Morgan fingerprint density at radius 3 is 1.08 bits per heavy atom. The first-order valence-corrected chi connectivity index (χ1v) is 39.0. The van der Waals surface area contributed by atoms with Crippen molar-refractivity contribution in [3.05, 3.63) is 134 Å². The van der Waals surface area contributed by atoms with Gasteiger partial charge >= 0.3 is 5.97 Å². The molecule has 0 aliphatic heterocycles. The van der Waals surface area contributed by atoms with E-state index in [1.807, 2.05) is 33.3 Å². The Morgan fingerprint density at radius 2 is 0.703 bits per heavy atom. The summed E-state index contributed by atoms with van der Waals surface area (Å²) in [6, 6.07) is -0.905. The lowest BCUT2D eigenvalue weighted by molar-refractivity contribution is -0.870. The van der Waals surface area contributed by atoms with Crippen LogP contribution in [0.25, 0.3) is 0 Å². The number of ether oxygens (including phenoxy) is 1. The summed E-state index contributed by atoms with van der Waals surface area (Å²) in [4.78, 5) is 40.2.